The van der Waals surface area contributed by atoms with Gasteiger partial charge in [0.2, 0.25) is 0 Å². The summed E-state index contributed by atoms with van der Waals surface area (Å²) in [6.45, 7) is 2.55. The molecule has 0 aliphatic carbocycles. The molecule has 0 spiro atoms. The molecule has 3 N–H and O–H groups in total. The predicted octanol–water partition coefficient (Wildman–Crippen LogP) is 2.39. The molecule has 0 aliphatic heterocycles. The Kier molecular flexibility index (Phi) is 5.28. The zero-order valence-corrected chi connectivity index (χ0v) is 11.2. The third-order valence-electron chi connectivity index (χ3n) is 2.35. The second-order valence-electron chi connectivity index (χ2n) is 3.77. The number of hydrogen-bond donors (Lipinski definition) is 3. The molecule has 0 aromatic heterocycles. The van der Waals surface area contributed by atoms with Crippen LogP contribution in [0.2, 0.25) is 0 Å². The Labute approximate surface area is 109 Å². The Morgan fingerprint density at radius 2 is 2.18 bits per heavy atom. The molecule has 0 heterocycles. The highest BCUT2D eigenvalue weighted by Crippen LogP contribution is 2.27. The van der Waals surface area contributed by atoms with Crippen molar-refractivity contribution in [1.82, 2.24) is 5.32 Å². The summed E-state index contributed by atoms with van der Waals surface area (Å²) in [7, 11) is 0. The van der Waals surface area contributed by atoms with Crippen LogP contribution in [-0.2, 0) is 0 Å². The monoisotopic (exact) mass is 301 g/mol. The van der Waals surface area contributed by atoms with Crippen molar-refractivity contribution in [3.63, 3.8) is 0 Å². The van der Waals surface area contributed by atoms with Gasteiger partial charge in [-0.05, 0) is 18.6 Å². The molecule has 17 heavy (non-hydrogen) atoms. The quantitative estimate of drug-likeness (QED) is 0.578. The average Bonchev–Trinajstić information content (AvgIpc) is 2.30. The second-order valence-corrected chi connectivity index (χ2v) is 5.06. The molecule has 1 unspecified atom stereocenters. The van der Waals surface area contributed by atoms with Crippen molar-refractivity contribution < 1.29 is 15.0 Å². The van der Waals surface area contributed by atoms with Crippen LogP contribution in [0.4, 0.5) is 0 Å². The summed E-state index contributed by atoms with van der Waals surface area (Å²) < 4.78 is 0. The van der Waals surface area contributed by atoms with Crippen LogP contribution in [0.5, 0.6) is 11.5 Å². The van der Waals surface area contributed by atoms with Gasteiger partial charge in [0, 0.05) is 11.4 Å². The number of phenolic OH excluding ortho intramolecular Hbond substituents is 2. The molecule has 0 saturated carbocycles. The molecule has 1 aromatic carbocycles. The largest absolute Gasteiger partial charge is 0.504 e. The minimum Gasteiger partial charge on any atom is -0.504 e. The number of phenols is 2. The van der Waals surface area contributed by atoms with Crippen LogP contribution in [0.15, 0.2) is 18.2 Å². The zero-order valence-electron chi connectivity index (χ0n) is 9.61. The first-order valence-electron chi connectivity index (χ1n) is 5.49. The fourth-order valence-electron chi connectivity index (χ4n) is 1.43. The third kappa shape index (κ3) is 3.93. The molecular weight excluding hydrogens is 286 g/mol. The standard InChI is InChI=1S/C12H16BrNO3/c1-2-4-8(13)7-14-12(17)9-5-3-6-10(15)11(9)16/h3,5-6,8,15-16H,2,4,7H2,1H3,(H,14,17). The first-order valence-corrected chi connectivity index (χ1v) is 6.41. The molecule has 1 rings (SSSR count). The average molecular weight is 302 g/mol. The lowest BCUT2D eigenvalue weighted by molar-refractivity contribution is 0.0950. The maximum absolute atomic E-state index is 11.7. The van der Waals surface area contributed by atoms with E-state index in [1.54, 1.807) is 0 Å². The number of halogens is 1. The molecule has 0 aliphatic rings. The van der Waals surface area contributed by atoms with Crippen molar-refractivity contribution >= 4 is 21.8 Å². The molecule has 94 valence electrons. The predicted molar refractivity (Wildman–Crippen MR) is 69.7 cm³/mol. The molecule has 0 bridgehead atoms. The fraction of sp³-hybridized carbons (Fsp3) is 0.417. The Hall–Kier alpha value is -1.23. The fourth-order valence-corrected chi connectivity index (χ4v) is 2.05. The molecule has 0 radical (unpaired) electrons. The number of carbonyl (C=O) groups is 1. The number of amides is 1. The minimum absolute atomic E-state index is 0.0844. The Balaban J connectivity index is 2.61. The Morgan fingerprint density at radius 1 is 1.47 bits per heavy atom. The van der Waals surface area contributed by atoms with E-state index < -0.39 is 0 Å². The van der Waals surface area contributed by atoms with Crippen LogP contribution in [0.25, 0.3) is 0 Å². The van der Waals surface area contributed by atoms with E-state index in [9.17, 15) is 15.0 Å². The summed E-state index contributed by atoms with van der Waals surface area (Å²) in [5, 5.41) is 21.5. The number of nitrogens with one attached hydrogen (secondary N) is 1. The van der Waals surface area contributed by atoms with E-state index in [-0.39, 0.29) is 27.8 Å². The summed E-state index contributed by atoms with van der Waals surface area (Å²) in [5.74, 6) is -1.06. The number of benzene rings is 1. The summed E-state index contributed by atoms with van der Waals surface area (Å²) in [6.07, 6.45) is 2.00. The van der Waals surface area contributed by atoms with Crippen molar-refractivity contribution in [1.29, 1.82) is 0 Å². The molecule has 1 amide bonds. The molecular formula is C12H16BrNO3. The molecule has 1 atom stereocenters. The van der Waals surface area contributed by atoms with Crippen LogP contribution in [0.1, 0.15) is 30.1 Å². The highest BCUT2D eigenvalue weighted by atomic mass is 79.9. The smallest absolute Gasteiger partial charge is 0.255 e. The van der Waals surface area contributed by atoms with Crippen LogP contribution < -0.4 is 5.32 Å². The Bertz CT molecular complexity index is 395. The zero-order chi connectivity index (χ0) is 12.8. The van der Waals surface area contributed by atoms with Gasteiger partial charge >= 0.3 is 0 Å². The van der Waals surface area contributed by atoms with E-state index in [1.807, 2.05) is 0 Å². The molecule has 0 saturated heterocycles. The summed E-state index contributed by atoms with van der Waals surface area (Å²) in [6, 6.07) is 4.31. The van der Waals surface area contributed by atoms with Crippen LogP contribution >= 0.6 is 15.9 Å². The van der Waals surface area contributed by atoms with Crippen molar-refractivity contribution in [2.75, 3.05) is 6.54 Å². The summed E-state index contributed by atoms with van der Waals surface area (Å²) >= 11 is 3.45. The maximum Gasteiger partial charge on any atom is 0.255 e. The second kappa shape index (κ2) is 6.49. The third-order valence-corrected chi connectivity index (χ3v) is 3.13. The van der Waals surface area contributed by atoms with Crippen molar-refractivity contribution in [3.8, 4) is 11.5 Å². The lowest BCUT2D eigenvalue weighted by atomic mass is 10.1. The number of alkyl halides is 1. The minimum atomic E-state index is -0.390. The van der Waals surface area contributed by atoms with E-state index in [0.717, 1.165) is 12.8 Å². The van der Waals surface area contributed by atoms with Crippen LogP contribution in [0.3, 0.4) is 0 Å². The molecule has 1 aromatic rings. The van der Waals surface area contributed by atoms with Gasteiger partial charge in [0.1, 0.15) is 0 Å². The van der Waals surface area contributed by atoms with Gasteiger partial charge in [-0.1, -0.05) is 35.3 Å². The van der Waals surface area contributed by atoms with E-state index in [1.165, 1.54) is 18.2 Å². The van der Waals surface area contributed by atoms with Gasteiger partial charge in [-0.3, -0.25) is 4.79 Å². The molecule has 0 fully saturated rings. The highest BCUT2D eigenvalue weighted by molar-refractivity contribution is 9.09. The number of para-hydroxylation sites is 1. The number of aromatic hydroxyl groups is 2. The van der Waals surface area contributed by atoms with Crippen LogP contribution in [-0.4, -0.2) is 27.5 Å². The summed E-state index contributed by atoms with van der Waals surface area (Å²) in [5.41, 5.74) is 0.0844. The topological polar surface area (TPSA) is 69.6 Å². The van der Waals surface area contributed by atoms with Crippen LogP contribution in [0, 0.1) is 0 Å². The SMILES string of the molecule is CCCC(Br)CNC(=O)c1cccc(O)c1O. The van der Waals surface area contributed by atoms with Gasteiger partial charge < -0.3 is 15.5 Å². The van der Waals surface area contributed by atoms with Crippen molar-refractivity contribution in [3.05, 3.63) is 23.8 Å². The first kappa shape index (κ1) is 13.8. The van der Waals surface area contributed by atoms with E-state index in [4.69, 9.17) is 0 Å². The van der Waals surface area contributed by atoms with Gasteiger partial charge in [0.15, 0.2) is 11.5 Å². The molecule has 5 heteroatoms. The highest BCUT2D eigenvalue weighted by Gasteiger charge is 2.14. The normalized spacial score (nSPS) is 12.1. The van der Waals surface area contributed by atoms with Gasteiger partial charge in [-0.15, -0.1) is 0 Å². The van der Waals surface area contributed by atoms with E-state index >= 15 is 0 Å². The number of hydrogen-bond acceptors (Lipinski definition) is 3. The Morgan fingerprint density at radius 3 is 2.82 bits per heavy atom. The van der Waals surface area contributed by atoms with Crippen molar-refractivity contribution in [2.45, 2.75) is 24.6 Å². The number of rotatable bonds is 5. The van der Waals surface area contributed by atoms with Gasteiger partial charge in [-0.25, -0.2) is 0 Å². The molecule has 4 nitrogen and oxygen atoms in total. The van der Waals surface area contributed by atoms with Crippen molar-refractivity contribution in [2.24, 2.45) is 0 Å². The van der Waals surface area contributed by atoms with Gasteiger partial charge in [0.25, 0.3) is 5.91 Å². The summed E-state index contributed by atoms with van der Waals surface area (Å²) in [4.78, 5) is 11.9. The number of carbonyl (C=O) groups excluding carboxylic acids is 1. The lowest BCUT2D eigenvalue weighted by Gasteiger charge is -2.11. The maximum atomic E-state index is 11.7. The van der Waals surface area contributed by atoms with E-state index in [0.29, 0.717) is 6.54 Å². The lowest BCUT2D eigenvalue weighted by Crippen LogP contribution is -2.29. The van der Waals surface area contributed by atoms with Gasteiger partial charge in [0.05, 0.1) is 5.56 Å². The first-order chi connectivity index (χ1) is 8.06. The van der Waals surface area contributed by atoms with E-state index in [2.05, 4.69) is 28.2 Å². The van der Waals surface area contributed by atoms with Gasteiger partial charge in [-0.2, -0.15) is 0 Å².